The molecule has 0 aliphatic carbocycles. The Kier molecular flexibility index (Phi) is 51.1. The van der Waals surface area contributed by atoms with E-state index < -0.39 is 12.1 Å². The molecule has 0 bridgehead atoms. The molecule has 0 spiro atoms. The van der Waals surface area contributed by atoms with Crippen LogP contribution in [-0.2, 0) is 14.3 Å². The fourth-order valence-corrected chi connectivity index (χ4v) is 8.37. The fraction of sp³-hybridized carbons (Fsp3) is 0.860. The van der Waals surface area contributed by atoms with Gasteiger partial charge in [0.25, 0.3) is 0 Å². The predicted octanol–water partition coefficient (Wildman–Crippen LogP) is 16.9. The van der Waals surface area contributed by atoms with Gasteiger partial charge in [0.2, 0.25) is 5.91 Å². The number of unbranched alkanes of at least 4 members (excludes halogenated alkanes) is 34. The van der Waals surface area contributed by atoms with E-state index in [4.69, 9.17) is 4.74 Å². The van der Waals surface area contributed by atoms with E-state index in [0.717, 1.165) is 89.9 Å². The zero-order valence-corrected chi connectivity index (χ0v) is 42.1. The average molecular weight is 886 g/mol. The fourth-order valence-electron chi connectivity index (χ4n) is 8.37. The molecule has 3 N–H and O–H groups in total. The van der Waals surface area contributed by atoms with Gasteiger partial charge in [-0.15, -0.1) is 0 Å². The van der Waals surface area contributed by atoms with Crippen molar-refractivity contribution in [1.82, 2.24) is 5.32 Å². The van der Waals surface area contributed by atoms with Crippen molar-refractivity contribution in [2.75, 3.05) is 13.2 Å². The molecule has 0 rings (SSSR count). The van der Waals surface area contributed by atoms with Crippen LogP contribution in [0.5, 0.6) is 0 Å². The standard InChI is InChI=1S/C57H107NO5/c1-3-5-7-9-11-13-15-17-19-21-22-23-25-27-31-35-39-43-47-51-57(62)63-52-48-44-40-36-32-28-30-34-38-42-46-50-56(61)58-54(53-59)55(60)49-45-41-37-33-29-26-24-20-18-16-14-12-10-8-6-4-2/h11,13,17,19,32,36,54-55,59-60H,3-10,12,14-16,18,20-31,33-35,37-53H2,1-2H3,(H,58,61)/b13-11-,19-17-,36-32-. The number of nitrogens with one attached hydrogen (secondary N) is 1. The number of hydrogen-bond donors (Lipinski definition) is 3. The second-order valence-corrected chi connectivity index (χ2v) is 18.9. The van der Waals surface area contributed by atoms with Gasteiger partial charge in [0.15, 0.2) is 0 Å². The monoisotopic (exact) mass is 886 g/mol. The molecule has 6 heteroatoms. The topological polar surface area (TPSA) is 95.9 Å². The van der Waals surface area contributed by atoms with Crippen LogP contribution >= 0.6 is 0 Å². The highest BCUT2D eigenvalue weighted by atomic mass is 16.5. The van der Waals surface area contributed by atoms with Crippen LogP contribution in [-0.4, -0.2) is 47.4 Å². The molecule has 0 aromatic carbocycles. The first-order valence-electron chi connectivity index (χ1n) is 27.7. The third-order valence-corrected chi connectivity index (χ3v) is 12.7. The molecule has 1 amide bonds. The van der Waals surface area contributed by atoms with Gasteiger partial charge in [-0.3, -0.25) is 9.59 Å². The van der Waals surface area contributed by atoms with Gasteiger partial charge in [-0.1, -0.05) is 230 Å². The Balaban J connectivity index is 3.50. The first-order valence-corrected chi connectivity index (χ1v) is 27.7. The largest absolute Gasteiger partial charge is 0.466 e. The summed E-state index contributed by atoms with van der Waals surface area (Å²) < 4.78 is 5.45. The minimum atomic E-state index is -0.683. The summed E-state index contributed by atoms with van der Waals surface area (Å²) in [7, 11) is 0. The van der Waals surface area contributed by atoms with Crippen molar-refractivity contribution in [2.45, 2.75) is 302 Å². The smallest absolute Gasteiger partial charge is 0.305 e. The van der Waals surface area contributed by atoms with Crippen LogP contribution < -0.4 is 5.32 Å². The Hall–Kier alpha value is -1.92. The van der Waals surface area contributed by atoms with E-state index in [2.05, 4.69) is 55.6 Å². The van der Waals surface area contributed by atoms with Crippen molar-refractivity contribution in [2.24, 2.45) is 0 Å². The van der Waals surface area contributed by atoms with Crippen LogP contribution in [0.1, 0.15) is 290 Å². The average Bonchev–Trinajstić information content (AvgIpc) is 3.28. The van der Waals surface area contributed by atoms with Crippen molar-refractivity contribution in [1.29, 1.82) is 0 Å². The molecule has 0 saturated carbocycles. The summed E-state index contributed by atoms with van der Waals surface area (Å²) in [5, 5.41) is 23.2. The van der Waals surface area contributed by atoms with E-state index in [-0.39, 0.29) is 18.5 Å². The summed E-state index contributed by atoms with van der Waals surface area (Å²) in [4.78, 5) is 24.5. The number of ether oxygens (including phenoxy) is 1. The normalized spacial score (nSPS) is 12.9. The van der Waals surface area contributed by atoms with Gasteiger partial charge in [-0.25, -0.2) is 0 Å². The lowest BCUT2D eigenvalue weighted by atomic mass is 10.0. The van der Waals surface area contributed by atoms with E-state index in [1.165, 1.54) is 167 Å². The van der Waals surface area contributed by atoms with E-state index in [9.17, 15) is 19.8 Å². The quantitative estimate of drug-likeness (QED) is 0.0321. The number of aliphatic hydroxyl groups excluding tert-OH is 2. The lowest BCUT2D eigenvalue weighted by Crippen LogP contribution is -2.45. The van der Waals surface area contributed by atoms with Crippen LogP contribution in [0.4, 0.5) is 0 Å². The van der Waals surface area contributed by atoms with Gasteiger partial charge in [0.05, 0.1) is 25.4 Å². The minimum Gasteiger partial charge on any atom is -0.466 e. The number of hydrogen-bond acceptors (Lipinski definition) is 5. The molecule has 0 aromatic heterocycles. The number of allylic oxidation sites excluding steroid dienone is 6. The highest BCUT2D eigenvalue weighted by Gasteiger charge is 2.20. The highest BCUT2D eigenvalue weighted by Crippen LogP contribution is 2.16. The molecule has 0 fully saturated rings. The Labute approximate surface area is 392 Å². The minimum absolute atomic E-state index is 0.0349. The zero-order valence-electron chi connectivity index (χ0n) is 42.1. The molecule has 0 heterocycles. The molecular formula is C57H107NO5. The van der Waals surface area contributed by atoms with E-state index in [0.29, 0.717) is 25.9 Å². The lowest BCUT2D eigenvalue weighted by Gasteiger charge is -2.22. The number of aliphatic hydroxyl groups is 2. The van der Waals surface area contributed by atoms with Crippen molar-refractivity contribution in [3.63, 3.8) is 0 Å². The van der Waals surface area contributed by atoms with Gasteiger partial charge >= 0.3 is 5.97 Å². The summed E-state index contributed by atoms with van der Waals surface area (Å²) in [5.41, 5.74) is 0. The van der Waals surface area contributed by atoms with Crippen LogP contribution in [0.25, 0.3) is 0 Å². The maximum absolute atomic E-state index is 12.5. The Morgan fingerprint density at radius 3 is 1.25 bits per heavy atom. The third-order valence-electron chi connectivity index (χ3n) is 12.7. The Bertz CT molecular complexity index is 1020. The van der Waals surface area contributed by atoms with Gasteiger partial charge in [-0.2, -0.15) is 0 Å². The summed E-state index contributed by atoms with van der Waals surface area (Å²) in [5.74, 6) is -0.0986. The molecule has 2 atom stereocenters. The molecule has 2 unspecified atom stereocenters. The Morgan fingerprint density at radius 2 is 0.794 bits per heavy atom. The first kappa shape index (κ1) is 61.1. The van der Waals surface area contributed by atoms with Gasteiger partial charge in [0, 0.05) is 12.8 Å². The number of esters is 1. The van der Waals surface area contributed by atoms with Crippen molar-refractivity contribution < 1.29 is 24.5 Å². The highest BCUT2D eigenvalue weighted by molar-refractivity contribution is 5.76. The lowest BCUT2D eigenvalue weighted by molar-refractivity contribution is -0.143. The molecule has 63 heavy (non-hydrogen) atoms. The van der Waals surface area contributed by atoms with Gasteiger partial charge in [-0.05, 0) is 83.5 Å². The van der Waals surface area contributed by atoms with Crippen molar-refractivity contribution in [3.8, 4) is 0 Å². The molecule has 370 valence electrons. The van der Waals surface area contributed by atoms with E-state index >= 15 is 0 Å². The second kappa shape index (κ2) is 52.7. The van der Waals surface area contributed by atoms with Crippen LogP contribution in [0, 0.1) is 0 Å². The van der Waals surface area contributed by atoms with Crippen molar-refractivity contribution in [3.05, 3.63) is 36.5 Å². The van der Waals surface area contributed by atoms with Gasteiger partial charge < -0.3 is 20.3 Å². The summed E-state index contributed by atoms with van der Waals surface area (Å²) in [6.45, 7) is 4.86. The summed E-state index contributed by atoms with van der Waals surface area (Å²) in [6, 6.07) is -0.563. The number of amides is 1. The molecule has 6 nitrogen and oxygen atoms in total. The molecule has 0 aromatic rings. The van der Waals surface area contributed by atoms with E-state index in [1.54, 1.807) is 0 Å². The van der Waals surface area contributed by atoms with E-state index in [1.807, 2.05) is 0 Å². The van der Waals surface area contributed by atoms with Crippen molar-refractivity contribution >= 4 is 11.9 Å². The Morgan fingerprint density at radius 1 is 0.444 bits per heavy atom. The van der Waals surface area contributed by atoms with Gasteiger partial charge in [0.1, 0.15) is 0 Å². The first-order chi connectivity index (χ1) is 31.0. The number of rotatable bonds is 51. The summed E-state index contributed by atoms with van der Waals surface area (Å²) in [6.07, 6.45) is 64.1. The second-order valence-electron chi connectivity index (χ2n) is 18.9. The maximum Gasteiger partial charge on any atom is 0.305 e. The predicted molar refractivity (Wildman–Crippen MR) is 273 cm³/mol. The molecule has 0 saturated heterocycles. The number of carbonyl (C=O) groups excluding carboxylic acids is 2. The molecule has 0 radical (unpaired) electrons. The molecule has 0 aliphatic heterocycles. The maximum atomic E-state index is 12.5. The van der Waals surface area contributed by atoms with Crippen LogP contribution in [0.2, 0.25) is 0 Å². The third kappa shape index (κ3) is 49.4. The number of carbonyl (C=O) groups is 2. The summed E-state index contributed by atoms with van der Waals surface area (Å²) >= 11 is 0. The molecule has 0 aliphatic rings. The van der Waals surface area contributed by atoms with Crippen LogP contribution in [0.15, 0.2) is 36.5 Å². The zero-order chi connectivity index (χ0) is 45.8. The van der Waals surface area contributed by atoms with Crippen LogP contribution in [0.3, 0.4) is 0 Å². The SMILES string of the molecule is CCCCC/C=C\C/C=C\CCCCCCCCCCCC(=O)OCCCC/C=C\CCCCCCCC(=O)NC(CO)C(O)CCCCCCCCCCCCCCCCCC. The molecular weight excluding hydrogens is 779 g/mol.